The van der Waals surface area contributed by atoms with Gasteiger partial charge in [-0.05, 0) is 25.3 Å². The Morgan fingerprint density at radius 1 is 1.33 bits per heavy atom. The maximum atomic E-state index is 11.1. The number of carbonyl (C=O) groups is 1. The lowest BCUT2D eigenvalue weighted by Crippen LogP contribution is -2.15. The van der Waals surface area contributed by atoms with E-state index in [1.807, 2.05) is 43.3 Å². The molecule has 1 aromatic carbocycles. The predicted octanol–water partition coefficient (Wildman–Crippen LogP) is 2.95. The third-order valence-corrected chi connectivity index (χ3v) is 3.10. The molecule has 1 fully saturated rings. The van der Waals surface area contributed by atoms with E-state index in [0.717, 1.165) is 24.0 Å². The van der Waals surface area contributed by atoms with Crippen LogP contribution in [0.4, 0.5) is 0 Å². The minimum Gasteiger partial charge on any atom is -0.481 e. The highest BCUT2D eigenvalue weighted by molar-refractivity contribution is 5.83. The molecule has 0 aliphatic heterocycles. The van der Waals surface area contributed by atoms with Gasteiger partial charge in [0.1, 0.15) is 0 Å². The average molecular weight is 202 g/mol. The van der Waals surface area contributed by atoms with E-state index in [1.54, 1.807) is 0 Å². The van der Waals surface area contributed by atoms with Gasteiger partial charge in [0.25, 0.3) is 0 Å². The summed E-state index contributed by atoms with van der Waals surface area (Å²) in [5, 5.41) is 9.11. The molecule has 0 radical (unpaired) electrons. The first-order valence-electron chi connectivity index (χ1n) is 5.12. The lowest BCUT2D eigenvalue weighted by molar-refractivity contribution is -0.141. The second-order valence-corrected chi connectivity index (χ2v) is 4.13. The fourth-order valence-electron chi connectivity index (χ4n) is 1.84. The maximum absolute atomic E-state index is 11.1. The van der Waals surface area contributed by atoms with E-state index in [0.29, 0.717) is 0 Å². The van der Waals surface area contributed by atoms with Crippen LogP contribution in [0.2, 0.25) is 0 Å². The Hall–Kier alpha value is -1.57. The topological polar surface area (TPSA) is 37.3 Å². The van der Waals surface area contributed by atoms with E-state index < -0.39 is 11.4 Å². The van der Waals surface area contributed by atoms with Crippen LogP contribution in [0.5, 0.6) is 0 Å². The molecule has 1 N–H and O–H groups in total. The molecule has 78 valence electrons. The first-order valence-corrected chi connectivity index (χ1v) is 5.12. The summed E-state index contributed by atoms with van der Waals surface area (Å²) in [5.41, 5.74) is 1.47. The lowest BCUT2D eigenvalue weighted by atomic mass is 9.95. The zero-order valence-electron chi connectivity index (χ0n) is 8.73. The van der Waals surface area contributed by atoms with E-state index in [9.17, 15) is 4.79 Å². The molecule has 0 bridgehead atoms. The second kappa shape index (κ2) is 3.54. The number of benzene rings is 1. The summed E-state index contributed by atoms with van der Waals surface area (Å²) in [7, 11) is 0. The fraction of sp³-hybridized carbons (Fsp3) is 0.308. The SMILES string of the molecule is C/C(=C/c1ccccc1)C1(C(=O)O)CC1. The Morgan fingerprint density at radius 3 is 2.40 bits per heavy atom. The Labute approximate surface area is 89.2 Å². The number of hydrogen-bond donors (Lipinski definition) is 1. The van der Waals surface area contributed by atoms with Crippen molar-refractivity contribution >= 4 is 12.0 Å². The van der Waals surface area contributed by atoms with Crippen LogP contribution in [0.1, 0.15) is 25.3 Å². The van der Waals surface area contributed by atoms with Gasteiger partial charge in [0.15, 0.2) is 0 Å². The van der Waals surface area contributed by atoms with Crippen molar-refractivity contribution in [3.8, 4) is 0 Å². The normalized spacial score (nSPS) is 18.6. The highest BCUT2D eigenvalue weighted by atomic mass is 16.4. The summed E-state index contributed by atoms with van der Waals surface area (Å²) in [6, 6.07) is 9.85. The molecule has 1 aliphatic rings. The number of carboxylic acid groups (broad SMARTS) is 1. The first kappa shape index (κ1) is 9.97. The highest BCUT2D eigenvalue weighted by Crippen LogP contribution is 2.52. The Morgan fingerprint density at radius 2 is 1.93 bits per heavy atom. The first-order chi connectivity index (χ1) is 7.15. The van der Waals surface area contributed by atoms with E-state index in [2.05, 4.69) is 0 Å². The summed E-state index contributed by atoms with van der Waals surface area (Å²) in [6.45, 7) is 1.91. The summed E-state index contributed by atoms with van der Waals surface area (Å²) < 4.78 is 0. The van der Waals surface area contributed by atoms with Gasteiger partial charge < -0.3 is 5.11 Å². The zero-order valence-corrected chi connectivity index (χ0v) is 8.73. The molecule has 0 saturated heterocycles. The van der Waals surface area contributed by atoms with Crippen molar-refractivity contribution in [2.24, 2.45) is 5.41 Å². The van der Waals surface area contributed by atoms with Crippen molar-refractivity contribution in [1.82, 2.24) is 0 Å². The van der Waals surface area contributed by atoms with Crippen LogP contribution >= 0.6 is 0 Å². The molecule has 1 aliphatic carbocycles. The van der Waals surface area contributed by atoms with Gasteiger partial charge >= 0.3 is 5.97 Å². The van der Waals surface area contributed by atoms with Crippen LogP contribution in [0.15, 0.2) is 35.9 Å². The van der Waals surface area contributed by atoms with Gasteiger partial charge in [-0.1, -0.05) is 42.0 Å². The van der Waals surface area contributed by atoms with Gasteiger partial charge in [-0.25, -0.2) is 0 Å². The molecule has 2 rings (SSSR count). The van der Waals surface area contributed by atoms with Crippen LogP contribution in [0, 0.1) is 5.41 Å². The Kier molecular flexibility index (Phi) is 2.35. The molecule has 1 saturated carbocycles. The molecule has 0 spiro atoms. The molecule has 0 amide bonds. The van der Waals surface area contributed by atoms with E-state index in [1.165, 1.54) is 0 Å². The molecule has 0 unspecified atom stereocenters. The van der Waals surface area contributed by atoms with Gasteiger partial charge in [0, 0.05) is 0 Å². The van der Waals surface area contributed by atoms with Crippen LogP contribution in [0.25, 0.3) is 6.08 Å². The van der Waals surface area contributed by atoms with Crippen LogP contribution in [0.3, 0.4) is 0 Å². The largest absolute Gasteiger partial charge is 0.481 e. The molecule has 0 aromatic heterocycles. The molecular formula is C13H14O2. The van der Waals surface area contributed by atoms with Gasteiger partial charge in [-0.3, -0.25) is 4.79 Å². The van der Waals surface area contributed by atoms with Crippen molar-refractivity contribution in [2.75, 3.05) is 0 Å². The third kappa shape index (κ3) is 1.80. The zero-order chi connectivity index (χ0) is 10.9. The van der Waals surface area contributed by atoms with Crippen molar-refractivity contribution in [1.29, 1.82) is 0 Å². The van der Waals surface area contributed by atoms with E-state index in [4.69, 9.17) is 5.11 Å². The number of rotatable bonds is 3. The fourth-order valence-corrected chi connectivity index (χ4v) is 1.84. The minimum absolute atomic E-state index is 0.560. The highest BCUT2D eigenvalue weighted by Gasteiger charge is 2.51. The Balaban J connectivity index is 2.25. The monoisotopic (exact) mass is 202 g/mol. The molecule has 2 nitrogen and oxygen atoms in total. The smallest absolute Gasteiger partial charge is 0.313 e. The van der Waals surface area contributed by atoms with Crippen molar-refractivity contribution in [2.45, 2.75) is 19.8 Å². The molecule has 1 aromatic rings. The van der Waals surface area contributed by atoms with Crippen molar-refractivity contribution < 1.29 is 9.90 Å². The molecular weight excluding hydrogens is 188 g/mol. The second-order valence-electron chi connectivity index (χ2n) is 4.13. The number of carboxylic acids is 1. The van der Waals surface area contributed by atoms with Gasteiger partial charge in [-0.2, -0.15) is 0 Å². The molecule has 2 heteroatoms. The molecule has 0 atom stereocenters. The predicted molar refractivity (Wildman–Crippen MR) is 59.4 cm³/mol. The third-order valence-electron chi connectivity index (χ3n) is 3.10. The Bertz CT molecular complexity index is 400. The number of aliphatic carboxylic acids is 1. The van der Waals surface area contributed by atoms with Gasteiger partial charge in [0.05, 0.1) is 5.41 Å². The minimum atomic E-state index is -0.688. The van der Waals surface area contributed by atoms with Gasteiger partial charge in [0.2, 0.25) is 0 Å². The van der Waals surface area contributed by atoms with Crippen molar-refractivity contribution in [3.05, 3.63) is 41.5 Å². The quantitative estimate of drug-likeness (QED) is 0.818. The average Bonchev–Trinajstić information content (AvgIpc) is 2.99. The van der Waals surface area contributed by atoms with Crippen LogP contribution < -0.4 is 0 Å². The summed E-state index contributed by atoms with van der Waals surface area (Å²) in [6.07, 6.45) is 3.52. The summed E-state index contributed by atoms with van der Waals surface area (Å²) >= 11 is 0. The van der Waals surface area contributed by atoms with Crippen LogP contribution in [-0.4, -0.2) is 11.1 Å². The van der Waals surface area contributed by atoms with Gasteiger partial charge in [-0.15, -0.1) is 0 Å². The summed E-state index contributed by atoms with van der Waals surface area (Å²) in [5.74, 6) is -0.688. The molecule has 15 heavy (non-hydrogen) atoms. The van der Waals surface area contributed by atoms with E-state index >= 15 is 0 Å². The van der Waals surface area contributed by atoms with Crippen molar-refractivity contribution in [3.63, 3.8) is 0 Å². The molecule has 0 heterocycles. The summed E-state index contributed by atoms with van der Waals surface area (Å²) in [4.78, 5) is 11.1. The maximum Gasteiger partial charge on any atom is 0.313 e. The standard InChI is InChI=1S/C13H14O2/c1-10(13(7-8-13)12(14)15)9-11-5-3-2-4-6-11/h2-6,9H,7-8H2,1H3,(H,14,15)/b10-9-. The van der Waals surface area contributed by atoms with E-state index in [-0.39, 0.29) is 0 Å². The lowest BCUT2D eigenvalue weighted by Gasteiger charge is -2.10. The van der Waals surface area contributed by atoms with Crippen LogP contribution in [-0.2, 0) is 4.79 Å². The number of hydrogen-bond acceptors (Lipinski definition) is 1.